The zero-order valence-corrected chi connectivity index (χ0v) is 8.83. The Hall–Kier alpha value is -0.940. The minimum absolute atomic E-state index is 0.755. The van der Waals surface area contributed by atoms with Gasteiger partial charge in [-0.15, -0.1) is 0 Å². The average molecular weight is 275 g/mol. The Labute approximate surface area is 98.8 Å². The summed E-state index contributed by atoms with van der Waals surface area (Å²) in [5.41, 5.74) is 0. The first-order chi connectivity index (χ1) is 8.18. The number of aliphatic hydroxyl groups excluding tert-OH is 4. The van der Waals surface area contributed by atoms with Crippen LogP contribution in [0.5, 0.6) is 0 Å². The maximum absolute atomic E-state index is 12.0. The molecule has 0 aromatic rings. The van der Waals surface area contributed by atoms with Gasteiger partial charge in [0.1, 0.15) is 24.4 Å². The van der Waals surface area contributed by atoms with E-state index in [1.165, 1.54) is 5.32 Å². The monoisotopic (exact) mass is 275 g/mol. The molecular formula is C8H12F3NO6. The molecule has 0 aliphatic carbocycles. The molecule has 1 aliphatic rings. The molecule has 0 radical (unpaired) electrons. The van der Waals surface area contributed by atoms with Crippen LogP contribution >= 0.6 is 0 Å². The first kappa shape index (κ1) is 15.1. The summed E-state index contributed by atoms with van der Waals surface area (Å²) >= 11 is 0. The van der Waals surface area contributed by atoms with Crippen LogP contribution in [0.1, 0.15) is 0 Å². The van der Waals surface area contributed by atoms with Crippen LogP contribution in [0.2, 0.25) is 0 Å². The Morgan fingerprint density at radius 3 is 2.22 bits per heavy atom. The lowest BCUT2D eigenvalue weighted by molar-refractivity contribution is -0.256. The van der Waals surface area contributed by atoms with Gasteiger partial charge in [0.05, 0.1) is 6.61 Å². The number of halogens is 3. The normalized spacial score (nSPS) is 37.4. The van der Waals surface area contributed by atoms with E-state index in [9.17, 15) is 33.3 Å². The SMILES string of the molecule is O=C(NC1C(O)OC(CO)[C@H](O)C1O)C(F)(F)F. The van der Waals surface area contributed by atoms with Crippen LogP contribution in [0, 0.1) is 0 Å². The zero-order chi connectivity index (χ0) is 14.1. The number of aliphatic hydroxyl groups is 4. The molecule has 0 spiro atoms. The summed E-state index contributed by atoms with van der Waals surface area (Å²) in [6.45, 7) is -0.755. The fraction of sp³-hybridized carbons (Fsp3) is 0.875. The Balaban J connectivity index is 2.74. The lowest BCUT2D eigenvalue weighted by Crippen LogP contribution is -2.65. The Morgan fingerprint density at radius 2 is 1.78 bits per heavy atom. The van der Waals surface area contributed by atoms with Crippen LogP contribution in [-0.4, -0.2) is 69.8 Å². The quantitative estimate of drug-likeness (QED) is 0.379. The van der Waals surface area contributed by atoms with Gasteiger partial charge in [-0.25, -0.2) is 0 Å². The van der Waals surface area contributed by atoms with Gasteiger partial charge < -0.3 is 30.5 Å². The molecule has 1 heterocycles. The minimum atomic E-state index is -5.20. The van der Waals surface area contributed by atoms with Crippen molar-refractivity contribution in [2.75, 3.05) is 6.61 Å². The van der Waals surface area contributed by atoms with Gasteiger partial charge in [-0.3, -0.25) is 4.79 Å². The lowest BCUT2D eigenvalue weighted by Gasteiger charge is -2.40. The zero-order valence-electron chi connectivity index (χ0n) is 8.83. The van der Waals surface area contributed by atoms with Crippen molar-refractivity contribution in [3.8, 4) is 0 Å². The Morgan fingerprint density at radius 1 is 1.22 bits per heavy atom. The number of nitrogens with one attached hydrogen (secondary N) is 1. The van der Waals surface area contributed by atoms with Crippen LogP contribution in [0.15, 0.2) is 0 Å². The first-order valence-corrected chi connectivity index (χ1v) is 4.86. The van der Waals surface area contributed by atoms with E-state index < -0.39 is 49.3 Å². The topological polar surface area (TPSA) is 119 Å². The second-order valence-corrected chi connectivity index (χ2v) is 3.73. The molecule has 18 heavy (non-hydrogen) atoms. The summed E-state index contributed by atoms with van der Waals surface area (Å²) < 4.78 is 40.5. The number of alkyl halides is 3. The van der Waals surface area contributed by atoms with Crippen molar-refractivity contribution in [2.45, 2.75) is 36.8 Å². The second-order valence-electron chi connectivity index (χ2n) is 3.73. The molecule has 5 atom stereocenters. The molecule has 0 saturated carbocycles. The van der Waals surface area contributed by atoms with Crippen LogP contribution < -0.4 is 5.32 Å². The van der Waals surface area contributed by atoms with Crippen molar-refractivity contribution >= 4 is 5.91 Å². The van der Waals surface area contributed by atoms with E-state index in [2.05, 4.69) is 4.74 Å². The highest BCUT2D eigenvalue weighted by atomic mass is 19.4. The van der Waals surface area contributed by atoms with Crippen molar-refractivity contribution in [3.63, 3.8) is 0 Å². The van der Waals surface area contributed by atoms with Gasteiger partial charge in [0, 0.05) is 0 Å². The van der Waals surface area contributed by atoms with E-state index in [0.29, 0.717) is 0 Å². The molecule has 0 aromatic carbocycles. The highest BCUT2D eigenvalue weighted by molar-refractivity contribution is 5.82. The van der Waals surface area contributed by atoms with E-state index >= 15 is 0 Å². The van der Waals surface area contributed by atoms with Gasteiger partial charge in [0.2, 0.25) is 0 Å². The van der Waals surface area contributed by atoms with Gasteiger partial charge >= 0.3 is 12.1 Å². The van der Waals surface area contributed by atoms with Crippen LogP contribution in [-0.2, 0) is 9.53 Å². The number of ether oxygens (including phenoxy) is 1. The summed E-state index contributed by atoms with van der Waals surface area (Å²) in [5.74, 6) is -2.39. The van der Waals surface area contributed by atoms with Crippen LogP contribution in [0.3, 0.4) is 0 Å². The molecule has 7 nitrogen and oxygen atoms in total. The number of amides is 1. The summed E-state index contributed by atoms with van der Waals surface area (Å²) in [6, 6.07) is -1.85. The summed E-state index contributed by atoms with van der Waals surface area (Å²) in [4.78, 5) is 10.6. The molecule has 4 unspecified atom stereocenters. The van der Waals surface area contributed by atoms with Gasteiger partial charge in [-0.2, -0.15) is 13.2 Å². The van der Waals surface area contributed by atoms with E-state index in [1.54, 1.807) is 0 Å². The maximum atomic E-state index is 12.0. The summed E-state index contributed by atoms with van der Waals surface area (Å²) in [5, 5.41) is 38.1. The Bertz CT molecular complexity index is 312. The number of hydrogen-bond acceptors (Lipinski definition) is 6. The summed E-state index contributed by atoms with van der Waals surface area (Å²) in [6.07, 6.45) is -12.2. The highest BCUT2D eigenvalue weighted by Gasteiger charge is 2.48. The second kappa shape index (κ2) is 5.36. The molecule has 10 heteroatoms. The standard InChI is InChI=1S/C8H12F3NO6/c9-8(10,11)7(17)12-3-5(15)4(14)2(1-13)18-6(3)16/h2-6,13-16H,1H2,(H,12,17)/t2?,3?,4-,5?,6?/m0/s1. The predicted molar refractivity (Wildman–Crippen MR) is 48.0 cm³/mol. The van der Waals surface area contributed by atoms with Crippen molar-refractivity contribution < 1.29 is 43.1 Å². The largest absolute Gasteiger partial charge is 0.471 e. The molecule has 5 N–H and O–H groups in total. The Kier molecular flexibility index (Phi) is 4.50. The van der Waals surface area contributed by atoms with Crippen molar-refractivity contribution in [1.29, 1.82) is 0 Å². The number of hydrogen-bond donors (Lipinski definition) is 5. The lowest BCUT2D eigenvalue weighted by atomic mass is 9.97. The molecule has 1 aliphatic heterocycles. The molecule has 1 amide bonds. The van der Waals surface area contributed by atoms with Gasteiger partial charge in [-0.05, 0) is 0 Å². The van der Waals surface area contributed by atoms with Crippen LogP contribution in [0.4, 0.5) is 13.2 Å². The van der Waals surface area contributed by atoms with Crippen molar-refractivity contribution in [3.05, 3.63) is 0 Å². The van der Waals surface area contributed by atoms with Gasteiger partial charge in [-0.1, -0.05) is 0 Å². The average Bonchev–Trinajstić information content (AvgIpc) is 2.27. The number of carbonyl (C=O) groups is 1. The molecule has 1 rings (SSSR count). The molecular weight excluding hydrogens is 263 g/mol. The third-order valence-corrected chi connectivity index (χ3v) is 2.46. The van der Waals surface area contributed by atoms with E-state index in [0.717, 1.165) is 0 Å². The highest BCUT2D eigenvalue weighted by Crippen LogP contribution is 2.21. The van der Waals surface area contributed by atoms with Crippen LogP contribution in [0.25, 0.3) is 0 Å². The fourth-order valence-corrected chi connectivity index (χ4v) is 1.49. The fourth-order valence-electron chi connectivity index (χ4n) is 1.49. The van der Waals surface area contributed by atoms with Gasteiger partial charge in [0.15, 0.2) is 6.29 Å². The van der Waals surface area contributed by atoms with Crippen molar-refractivity contribution in [2.24, 2.45) is 0 Å². The molecule has 1 saturated heterocycles. The molecule has 1 fully saturated rings. The first-order valence-electron chi connectivity index (χ1n) is 4.86. The van der Waals surface area contributed by atoms with Gasteiger partial charge in [0.25, 0.3) is 0 Å². The van der Waals surface area contributed by atoms with E-state index in [1.807, 2.05) is 0 Å². The molecule has 106 valence electrons. The van der Waals surface area contributed by atoms with E-state index in [4.69, 9.17) is 5.11 Å². The summed E-state index contributed by atoms with van der Waals surface area (Å²) in [7, 11) is 0. The third-order valence-electron chi connectivity index (χ3n) is 2.46. The number of rotatable bonds is 2. The van der Waals surface area contributed by atoms with E-state index in [-0.39, 0.29) is 0 Å². The minimum Gasteiger partial charge on any atom is -0.394 e. The maximum Gasteiger partial charge on any atom is 0.471 e. The number of carbonyl (C=O) groups excluding carboxylic acids is 1. The molecule has 0 aromatic heterocycles. The van der Waals surface area contributed by atoms with Crippen molar-refractivity contribution in [1.82, 2.24) is 5.32 Å². The third kappa shape index (κ3) is 3.09. The smallest absolute Gasteiger partial charge is 0.394 e. The predicted octanol–water partition coefficient (Wildman–Crippen LogP) is -2.54. The molecule has 0 bridgehead atoms.